The number of aliphatic imine (C=N–C) groups is 1. The fourth-order valence-electron chi connectivity index (χ4n) is 1.66. The smallest absolute Gasteiger partial charge is 0.234 e. The van der Waals surface area contributed by atoms with Crippen LogP contribution < -0.4 is 16.8 Å². The Kier molecular flexibility index (Phi) is 6.05. The Labute approximate surface area is 122 Å². The highest BCUT2D eigenvalue weighted by molar-refractivity contribution is 8.14. The van der Waals surface area contributed by atoms with Gasteiger partial charge in [-0.05, 0) is 24.5 Å². The average molecular weight is 293 g/mol. The fraction of sp³-hybridized carbons (Fsp3) is 0.308. The summed E-state index contributed by atoms with van der Waals surface area (Å²) in [7, 11) is 0. The van der Waals surface area contributed by atoms with E-state index in [9.17, 15) is 4.79 Å². The summed E-state index contributed by atoms with van der Waals surface area (Å²) in [6.45, 7) is 3.98. The first-order valence-corrected chi connectivity index (χ1v) is 7.12. The number of guanidine groups is 1. The largest absolute Gasteiger partial charge is 0.370 e. The monoisotopic (exact) mass is 293 g/mol. The lowest BCUT2D eigenvalue weighted by atomic mass is 10.1. The number of nitrogens with two attached hydrogens (primary N) is 2. The molecule has 20 heavy (non-hydrogen) atoms. The van der Waals surface area contributed by atoms with Crippen molar-refractivity contribution in [1.82, 2.24) is 0 Å². The van der Waals surface area contributed by atoms with E-state index in [-0.39, 0.29) is 22.8 Å². The number of hydrogen-bond donors (Lipinski definition) is 4. The number of amides is 1. The summed E-state index contributed by atoms with van der Waals surface area (Å²) in [5, 5.41) is 10.2. The first-order chi connectivity index (χ1) is 9.43. The number of nitrogens with zero attached hydrogens (tertiary/aromatic N) is 1. The second-order valence-corrected chi connectivity index (χ2v) is 5.11. The van der Waals surface area contributed by atoms with E-state index in [1.165, 1.54) is 0 Å². The Morgan fingerprint density at radius 1 is 1.45 bits per heavy atom. The number of aryl methyl sites for hydroxylation is 2. The molecule has 0 atom stereocenters. The van der Waals surface area contributed by atoms with Crippen LogP contribution in [-0.4, -0.2) is 22.8 Å². The van der Waals surface area contributed by atoms with E-state index in [1.807, 2.05) is 32.0 Å². The first-order valence-electron chi connectivity index (χ1n) is 6.13. The molecule has 1 amide bonds. The van der Waals surface area contributed by atoms with E-state index >= 15 is 0 Å². The van der Waals surface area contributed by atoms with Crippen molar-refractivity contribution in [2.24, 2.45) is 16.5 Å². The molecule has 0 aliphatic rings. The minimum Gasteiger partial charge on any atom is -0.370 e. The molecule has 0 saturated carbocycles. The zero-order valence-corrected chi connectivity index (χ0v) is 12.4. The number of hydrogen-bond acceptors (Lipinski definition) is 3. The van der Waals surface area contributed by atoms with Crippen molar-refractivity contribution in [3.63, 3.8) is 0 Å². The lowest BCUT2D eigenvalue weighted by Crippen LogP contribution is -2.24. The van der Waals surface area contributed by atoms with Crippen LogP contribution in [0.25, 0.3) is 0 Å². The van der Waals surface area contributed by atoms with E-state index in [0.29, 0.717) is 0 Å². The molecule has 6 N–H and O–H groups in total. The van der Waals surface area contributed by atoms with Crippen molar-refractivity contribution in [3.8, 4) is 0 Å². The van der Waals surface area contributed by atoms with Crippen LogP contribution in [0.2, 0.25) is 0 Å². The molecule has 0 bridgehead atoms. The molecular weight excluding hydrogens is 274 g/mol. The molecule has 1 aromatic rings. The molecule has 0 aliphatic heterocycles. The zero-order chi connectivity index (χ0) is 15.1. The van der Waals surface area contributed by atoms with E-state index in [0.717, 1.165) is 35.0 Å². The van der Waals surface area contributed by atoms with Crippen LogP contribution in [0.5, 0.6) is 0 Å². The third kappa shape index (κ3) is 4.93. The quantitative estimate of drug-likeness (QED) is 0.496. The molecule has 0 fully saturated rings. The molecular formula is C13H19N5OS. The van der Waals surface area contributed by atoms with Gasteiger partial charge in [-0.2, -0.15) is 4.99 Å². The number of nitrogens with one attached hydrogen (secondary N) is 2. The summed E-state index contributed by atoms with van der Waals surface area (Å²) >= 11 is 0.975. The summed E-state index contributed by atoms with van der Waals surface area (Å²) in [6, 6.07) is 5.90. The van der Waals surface area contributed by atoms with Gasteiger partial charge in [-0.3, -0.25) is 10.2 Å². The maximum Gasteiger partial charge on any atom is 0.234 e. The third-order valence-corrected chi connectivity index (χ3v) is 3.35. The zero-order valence-electron chi connectivity index (χ0n) is 11.6. The van der Waals surface area contributed by atoms with Crippen molar-refractivity contribution in [2.75, 3.05) is 11.1 Å². The van der Waals surface area contributed by atoms with E-state index < -0.39 is 0 Å². The number of anilines is 1. The van der Waals surface area contributed by atoms with Gasteiger partial charge < -0.3 is 16.8 Å². The average Bonchev–Trinajstić information content (AvgIpc) is 2.38. The molecule has 1 rings (SSSR count). The Morgan fingerprint density at radius 2 is 2.15 bits per heavy atom. The lowest BCUT2D eigenvalue weighted by molar-refractivity contribution is -0.113. The second kappa shape index (κ2) is 7.54. The molecule has 0 spiro atoms. The van der Waals surface area contributed by atoms with Crippen LogP contribution >= 0.6 is 11.8 Å². The topological polar surface area (TPSA) is 117 Å². The van der Waals surface area contributed by atoms with E-state index in [1.54, 1.807) is 0 Å². The number of thioether (sulfide) groups is 1. The molecule has 0 aromatic heterocycles. The summed E-state index contributed by atoms with van der Waals surface area (Å²) in [5.74, 6) is -0.280. The summed E-state index contributed by atoms with van der Waals surface area (Å²) in [4.78, 5) is 15.4. The molecule has 0 aliphatic carbocycles. The summed E-state index contributed by atoms with van der Waals surface area (Å²) < 4.78 is 0. The van der Waals surface area contributed by atoms with Crippen LogP contribution in [0, 0.1) is 12.3 Å². The minimum atomic E-state index is -0.186. The summed E-state index contributed by atoms with van der Waals surface area (Å²) in [6.07, 6.45) is 0.842. The predicted octanol–water partition coefficient (Wildman–Crippen LogP) is 1.44. The van der Waals surface area contributed by atoms with Gasteiger partial charge in [-0.25, -0.2) is 0 Å². The Bertz CT molecular complexity index is 538. The molecule has 6 nitrogen and oxygen atoms in total. The maximum absolute atomic E-state index is 11.9. The molecule has 0 unspecified atom stereocenters. The van der Waals surface area contributed by atoms with Crippen molar-refractivity contribution >= 4 is 34.5 Å². The van der Waals surface area contributed by atoms with Crippen LogP contribution in [0.3, 0.4) is 0 Å². The van der Waals surface area contributed by atoms with Crippen LogP contribution in [0.1, 0.15) is 18.1 Å². The number of rotatable bonds is 4. The molecule has 1 aromatic carbocycles. The normalized spacial score (nSPS) is 9.90. The Hall–Kier alpha value is -2.02. The first kappa shape index (κ1) is 16.0. The molecule has 108 valence electrons. The minimum absolute atomic E-state index is 0.0827. The van der Waals surface area contributed by atoms with Crippen molar-refractivity contribution < 1.29 is 4.79 Å². The molecule has 0 heterocycles. The van der Waals surface area contributed by atoms with Gasteiger partial charge in [0.1, 0.15) is 0 Å². The second-order valence-electron chi connectivity index (χ2n) is 4.14. The number of carbonyl (C=O) groups excluding carboxylic acids is 1. The van der Waals surface area contributed by atoms with Crippen molar-refractivity contribution in [3.05, 3.63) is 29.3 Å². The number of amidine groups is 1. The van der Waals surface area contributed by atoms with Gasteiger partial charge in [0.2, 0.25) is 5.91 Å². The maximum atomic E-state index is 11.9. The highest BCUT2D eigenvalue weighted by atomic mass is 32.2. The number of carbonyl (C=O) groups is 1. The van der Waals surface area contributed by atoms with Crippen molar-refractivity contribution in [1.29, 1.82) is 5.41 Å². The van der Waals surface area contributed by atoms with Gasteiger partial charge in [0, 0.05) is 5.69 Å². The predicted molar refractivity (Wildman–Crippen MR) is 85.2 cm³/mol. The van der Waals surface area contributed by atoms with Crippen LogP contribution in [0.4, 0.5) is 5.69 Å². The van der Waals surface area contributed by atoms with Crippen LogP contribution in [0.15, 0.2) is 23.2 Å². The summed E-state index contributed by atoms with van der Waals surface area (Å²) in [5.41, 5.74) is 13.3. The number of benzene rings is 1. The van der Waals surface area contributed by atoms with Gasteiger partial charge in [0.15, 0.2) is 11.1 Å². The van der Waals surface area contributed by atoms with Gasteiger partial charge in [0.25, 0.3) is 0 Å². The third-order valence-electron chi connectivity index (χ3n) is 2.58. The van der Waals surface area contributed by atoms with Gasteiger partial charge in [-0.15, -0.1) is 0 Å². The number of para-hydroxylation sites is 1. The lowest BCUT2D eigenvalue weighted by Gasteiger charge is -2.12. The van der Waals surface area contributed by atoms with E-state index in [4.69, 9.17) is 16.9 Å². The Balaban J connectivity index is 2.64. The van der Waals surface area contributed by atoms with Gasteiger partial charge in [-0.1, -0.05) is 36.9 Å². The highest BCUT2D eigenvalue weighted by Gasteiger charge is 2.09. The molecule has 0 saturated heterocycles. The fourth-order valence-corrected chi connectivity index (χ4v) is 2.17. The molecule has 7 heteroatoms. The highest BCUT2D eigenvalue weighted by Crippen LogP contribution is 2.21. The SMILES string of the molecule is CCc1cccc(C)c1NC(=O)CSC(=N)N=C(N)N. The molecule has 0 radical (unpaired) electrons. The van der Waals surface area contributed by atoms with Gasteiger partial charge >= 0.3 is 0 Å². The van der Waals surface area contributed by atoms with E-state index in [2.05, 4.69) is 10.3 Å². The van der Waals surface area contributed by atoms with Crippen LogP contribution in [-0.2, 0) is 11.2 Å². The van der Waals surface area contributed by atoms with Crippen molar-refractivity contribution in [2.45, 2.75) is 20.3 Å². The standard InChI is InChI=1S/C13H19N5OS/c1-3-9-6-4-5-8(2)11(9)17-10(19)7-20-13(16)18-12(14)15/h4-6H,3,7H2,1-2H3,(H,17,19)(H5,14,15,16,18). The Morgan fingerprint density at radius 3 is 2.75 bits per heavy atom. The van der Waals surface area contributed by atoms with Gasteiger partial charge in [0.05, 0.1) is 5.75 Å².